The fourth-order valence-corrected chi connectivity index (χ4v) is 1.01. The molecule has 2 heteroatoms. The number of rotatable bonds is 5. The molecule has 2 nitrogen and oxygen atoms in total. The summed E-state index contributed by atoms with van der Waals surface area (Å²) in [5.41, 5.74) is 0. The average Bonchev–Trinajstić information content (AvgIpc) is 2.65. The van der Waals surface area contributed by atoms with E-state index in [1.807, 2.05) is 12.1 Å². The van der Waals surface area contributed by atoms with Crippen LogP contribution in [-0.2, 0) is 4.74 Å². The van der Waals surface area contributed by atoms with Gasteiger partial charge in [-0.05, 0) is 12.1 Å². The molecule has 1 rings (SSSR count). The molecular formula is C11H12O2. The Morgan fingerprint density at radius 2 is 2.62 bits per heavy atom. The first-order chi connectivity index (χ1) is 6.38. The van der Waals surface area contributed by atoms with Crippen molar-refractivity contribution in [2.75, 3.05) is 6.61 Å². The molecule has 0 bridgehead atoms. The summed E-state index contributed by atoms with van der Waals surface area (Å²) in [5.74, 6) is 3.31. The molecule has 0 aliphatic rings. The third kappa shape index (κ3) is 2.81. The first-order valence-corrected chi connectivity index (χ1v) is 4.08. The van der Waals surface area contributed by atoms with Crippen LogP contribution in [0.2, 0.25) is 0 Å². The molecule has 1 heterocycles. The van der Waals surface area contributed by atoms with Crippen LogP contribution in [0.3, 0.4) is 0 Å². The highest BCUT2D eigenvalue weighted by atomic mass is 16.5. The van der Waals surface area contributed by atoms with E-state index in [4.69, 9.17) is 15.6 Å². The van der Waals surface area contributed by atoms with Gasteiger partial charge in [-0.1, -0.05) is 6.08 Å². The summed E-state index contributed by atoms with van der Waals surface area (Å²) in [7, 11) is 0. The van der Waals surface area contributed by atoms with E-state index in [2.05, 4.69) is 12.5 Å². The Bertz CT molecular complexity index is 280. The lowest BCUT2D eigenvalue weighted by atomic mass is 10.2. The first-order valence-electron chi connectivity index (χ1n) is 4.08. The van der Waals surface area contributed by atoms with Gasteiger partial charge < -0.3 is 9.15 Å². The first kappa shape index (κ1) is 9.63. The van der Waals surface area contributed by atoms with E-state index in [1.54, 1.807) is 12.3 Å². The van der Waals surface area contributed by atoms with Crippen molar-refractivity contribution in [1.29, 1.82) is 0 Å². The Balaban J connectivity index is 2.58. The second kappa shape index (κ2) is 5.23. The van der Waals surface area contributed by atoms with Crippen LogP contribution in [0.5, 0.6) is 0 Å². The smallest absolute Gasteiger partial charge is 0.133 e. The molecular weight excluding hydrogens is 164 g/mol. The second-order valence-electron chi connectivity index (χ2n) is 2.53. The van der Waals surface area contributed by atoms with Crippen molar-refractivity contribution in [3.8, 4) is 12.3 Å². The number of hydrogen-bond acceptors (Lipinski definition) is 2. The van der Waals surface area contributed by atoms with Gasteiger partial charge in [0, 0.05) is 6.42 Å². The molecule has 0 aliphatic heterocycles. The van der Waals surface area contributed by atoms with Crippen molar-refractivity contribution in [3.05, 3.63) is 36.8 Å². The Kier molecular flexibility index (Phi) is 3.87. The van der Waals surface area contributed by atoms with E-state index in [-0.39, 0.29) is 6.10 Å². The Hall–Kier alpha value is -1.46. The zero-order valence-electron chi connectivity index (χ0n) is 7.40. The van der Waals surface area contributed by atoms with Crippen molar-refractivity contribution < 1.29 is 9.15 Å². The average molecular weight is 176 g/mol. The van der Waals surface area contributed by atoms with Crippen LogP contribution in [0.1, 0.15) is 18.3 Å². The van der Waals surface area contributed by atoms with Gasteiger partial charge in [0.1, 0.15) is 11.9 Å². The fourth-order valence-electron chi connectivity index (χ4n) is 1.01. The molecule has 13 heavy (non-hydrogen) atoms. The summed E-state index contributed by atoms with van der Waals surface area (Å²) < 4.78 is 10.6. The molecule has 68 valence electrons. The third-order valence-corrected chi connectivity index (χ3v) is 1.58. The molecule has 0 aromatic carbocycles. The quantitative estimate of drug-likeness (QED) is 0.508. The van der Waals surface area contributed by atoms with E-state index in [1.165, 1.54) is 0 Å². The molecule has 0 radical (unpaired) electrons. The number of hydrogen-bond donors (Lipinski definition) is 0. The molecule has 0 unspecified atom stereocenters. The SMILES string of the molecule is C#CC[C@@H](OCC=C)c1ccco1. The highest BCUT2D eigenvalue weighted by Gasteiger charge is 2.12. The van der Waals surface area contributed by atoms with Gasteiger partial charge in [0.15, 0.2) is 0 Å². The molecule has 1 aromatic heterocycles. The lowest BCUT2D eigenvalue weighted by Gasteiger charge is -2.10. The molecule has 0 saturated heterocycles. The van der Waals surface area contributed by atoms with Crippen molar-refractivity contribution >= 4 is 0 Å². The van der Waals surface area contributed by atoms with Crippen LogP contribution in [0.15, 0.2) is 35.5 Å². The van der Waals surface area contributed by atoms with Gasteiger partial charge in [0.05, 0.1) is 12.9 Å². The summed E-state index contributed by atoms with van der Waals surface area (Å²) in [6, 6.07) is 3.67. The molecule has 0 N–H and O–H groups in total. The van der Waals surface area contributed by atoms with Gasteiger partial charge in [-0.15, -0.1) is 18.9 Å². The maximum absolute atomic E-state index is 5.42. The molecule has 0 aliphatic carbocycles. The molecule has 0 spiro atoms. The predicted molar refractivity (Wildman–Crippen MR) is 51.0 cm³/mol. The molecule has 0 amide bonds. The van der Waals surface area contributed by atoms with Crippen molar-refractivity contribution in [3.63, 3.8) is 0 Å². The number of ether oxygens (including phenoxy) is 1. The highest BCUT2D eigenvalue weighted by Crippen LogP contribution is 2.20. The van der Waals surface area contributed by atoms with Crippen LogP contribution in [0.25, 0.3) is 0 Å². The van der Waals surface area contributed by atoms with E-state index in [9.17, 15) is 0 Å². The highest BCUT2D eigenvalue weighted by molar-refractivity contribution is 5.05. The van der Waals surface area contributed by atoms with Gasteiger partial charge in [0.25, 0.3) is 0 Å². The summed E-state index contributed by atoms with van der Waals surface area (Å²) in [6.07, 6.45) is 8.86. The molecule has 0 fully saturated rings. The van der Waals surface area contributed by atoms with Crippen LogP contribution < -0.4 is 0 Å². The number of terminal acetylenes is 1. The van der Waals surface area contributed by atoms with Crippen molar-refractivity contribution in [2.45, 2.75) is 12.5 Å². The van der Waals surface area contributed by atoms with E-state index in [0.29, 0.717) is 13.0 Å². The number of furan rings is 1. The van der Waals surface area contributed by atoms with E-state index < -0.39 is 0 Å². The Morgan fingerprint density at radius 1 is 1.77 bits per heavy atom. The monoisotopic (exact) mass is 176 g/mol. The van der Waals surface area contributed by atoms with E-state index >= 15 is 0 Å². The largest absolute Gasteiger partial charge is 0.467 e. The summed E-state index contributed by atoms with van der Waals surface area (Å²) in [5, 5.41) is 0. The minimum Gasteiger partial charge on any atom is -0.467 e. The maximum atomic E-state index is 5.42. The predicted octanol–water partition coefficient (Wildman–Crippen LogP) is 2.55. The molecule has 1 atom stereocenters. The van der Waals surface area contributed by atoms with Gasteiger partial charge >= 0.3 is 0 Å². The fraction of sp³-hybridized carbons (Fsp3) is 0.273. The Morgan fingerprint density at radius 3 is 3.15 bits per heavy atom. The van der Waals surface area contributed by atoms with Crippen molar-refractivity contribution in [1.82, 2.24) is 0 Å². The van der Waals surface area contributed by atoms with Crippen LogP contribution in [0, 0.1) is 12.3 Å². The lowest BCUT2D eigenvalue weighted by Crippen LogP contribution is -2.02. The summed E-state index contributed by atoms with van der Waals surface area (Å²) >= 11 is 0. The minimum absolute atomic E-state index is 0.155. The summed E-state index contributed by atoms with van der Waals surface area (Å²) in [4.78, 5) is 0. The lowest BCUT2D eigenvalue weighted by molar-refractivity contribution is 0.0613. The van der Waals surface area contributed by atoms with Crippen LogP contribution in [-0.4, -0.2) is 6.61 Å². The maximum Gasteiger partial charge on any atom is 0.133 e. The zero-order valence-corrected chi connectivity index (χ0v) is 7.40. The second-order valence-corrected chi connectivity index (χ2v) is 2.53. The topological polar surface area (TPSA) is 22.4 Å². The Labute approximate surface area is 78.2 Å². The van der Waals surface area contributed by atoms with Crippen LogP contribution in [0.4, 0.5) is 0 Å². The third-order valence-electron chi connectivity index (χ3n) is 1.58. The molecule has 1 aromatic rings. The zero-order chi connectivity index (χ0) is 9.52. The van der Waals surface area contributed by atoms with Gasteiger partial charge in [-0.2, -0.15) is 0 Å². The minimum atomic E-state index is -0.155. The van der Waals surface area contributed by atoms with Gasteiger partial charge in [-0.3, -0.25) is 0 Å². The van der Waals surface area contributed by atoms with Gasteiger partial charge in [0.2, 0.25) is 0 Å². The van der Waals surface area contributed by atoms with E-state index in [0.717, 1.165) is 5.76 Å². The standard InChI is InChI=1S/C11H12O2/c1-3-6-10(12-8-4-2)11-7-5-9-13-11/h1,4-5,7,9-10H,2,6,8H2/t10-/m1/s1. The molecule has 0 saturated carbocycles. The summed E-state index contributed by atoms with van der Waals surface area (Å²) in [6.45, 7) is 4.05. The van der Waals surface area contributed by atoms with Gasteiger partial charge in [-0.25, -0.2) is 0 Å². The van der Waals surface area contributed by atoms with Crippen molar-refractivity contribution in [2.24, 2.45) is 0 Å². The van der Waals surface area contributed by atoms with Crippen LogP contribution >= 0.6 is 0 Å². The normalized spacial score (nSPS) is 11.9.